The predicted molar refractivity (Wildman–Crippen MR) is 53.9 cm³/mol. The number of nitrogens with zero attached hydrogens (tertiary/aromatic N) is 3. The summed E-state index contributed by atoms with van der Waals surface area (Å²) < 4.78 is 69.0. The van der Waals surface area contributed by atoms with Gasteiger partial charge in [-0.25, -0.2) is 8.78 Å². The Labute approximate surface area is 105 Å². The highest BCUT2D eigenvalue weighted by Gasteiger charge is 2.49. The Kier molecular flexibility index (Phi) is 3.33. The Hall–Kier alpha value is -1.51. The van der Waals surface area contributed by atoms with Gasteiger partial charge in [-0.05, 0) is 7.05 Å². The standard InChI is InChI=1S/C10H10F5N3O/c1-18-4-7(9(11,12)5-18)19-8-2-6(3-16-17-8)10(13,14)15/h2-3,7H,4-5H2,1H3. The van der Waals surface area contributed by atoms with Gasteiger partial charge in [0.25, 0.3) is 5.92 Å². The van der Waals surface area contributed by atoms with E-state index in [1.807, 2.05) is 0 Å². The van der Waals surface area contributed by atoms with E-state index in [1.54, 1.807) is 0 Å². The van der Waals surface area contributed by atoms with Crippen LogP contribution < -0.4 is 4.74 Å². The number of hydrogen-bond acceptors (Lipinski definition) is 4. The van der Waals surface area contributed by atoms with Gasteiger partial charge >= 0.3 is 6.18 Å². The van der Waals surface area contributed by atoms with Crippen LogP contribution in [0.25, 0.3) is 0 Å². The molecule has 106 valence electrons. The normalized spacial score (nSPS) is 23.6. The van der Waals surface area contributed by atoms with Gasteiger partial charge < -0.3 is 4.74 Å². The Morgan fingerprint density at radius 1 is 1.42 bits per heavy atom. The molecule has 1 aliphatic rings. The molecule has 1 unspecified atom stereocenters. The molecule has 0 aliphatic carbocycles. The molecule has 0 N–H and O–H groups in total. The van der Waals surface area contributed by atoms with E-state index in [-0.39, 0.29) is 6.54 Å². The van der Waals surface area contributed by atoms with E-state index in [1.165, 1.54) is 11.9 Å². The Morgan fingerprint density at radius 2 is 2.11 bits per heavy atom. The molecular weight excluding hydrogens is 273 g/mol. The van der Waals surface area contributed by atoms with Crippen LogP contribution >= 0.6 is 0 Å². The summed E-state index contributed by atoms with van der Waals surface area (Å²) >= 11 is 0. The molecule has 1 aliphatic heterocycles. The van der Waals surface area contributed by atoms with Gasteiger partial charge in [0.2, 0.25) is 5.88 Å². The maximum atomic E-state index is 13.4. The van der Waals surface area contributed by atoms with Gasteiger partial charge in [-0.15, -0.1) is 5.10 Å². The highest BCUT2D eigenvalue weighted by atomic mass is 19.4. The molecule has 9 heteroatoms. The summed E-state index contributed by atoms with van der Waals surface area (Å²) in [6.07, 6.45) is -5.65. The van der Waals surface area contributed by atoms with Crippen LogP contribution in [0.2, 0.25) is 0 Å². The van der Waals surface area contributed by atoms with Gasteiger partial charge in [-0.3, -0.25) is 4.90 Å². The maximum absolute atomic E-state index is 13.4. The van der Waals surface area contributed by atoms with Gasteiger partial charge in [-0.2, -0.15) is 18.3 Å². The third-order valence-electron chi connectivity index (χ3n) is 2.65. The summed E-state index contributed by atoms with van der Waals surface area (Å²) in [6.45, 7) is -0.602. The first-order chi connectivity index (χ1) is 8.68. The first-order valence-corrected chi connectivity index (χ1v) is 5.31. The average Bonchev–Trinajstić information content (AvgIpc) is 2.51. The fraction of sp³-hybridized carbons (Fsp3) is 0.600. The molecule has 19 heavy (non-hydrogen) atoms. The number of rotatable bonds is 2. The van der Waals surface area contributed by atoms with Crippen molar-refractivity contribution in [2.24, 2.45) is 0 Å². The van der Waals surface area contributed by atoms with Gasteiger partial charge in [0.15, 0.2) is 6.10 Å². The Balaban J connectivity index is 2.16. The quantitative estimate of drug-likeness (QED) is 0.776. The Morgan fingerprint density at radius 3 is 2.63 bits per heavy atom. The summed E-state index contributed by atoms with van der Waals surface area (Å²) in [5, 5.41) is 6.39. The third-order valence-corrected chi connectivity index (χ3v) is 2.65. The third kappa shape index (κ3) is 3.09. The maximum Gasteiger partial charge on any atom is 0.418 e. The van der Waals surface area contributed by atoms with Crippen molar-refractivity contribution in [1.29, 1.82) is 0 Å². The summed E-state index contributed by atoms with van der Waals surface area (Å²) in [7, 11) is 1.47. The number of ether oxygens (including phenoxy) is 1. The van der Waals surface area contributed by atoms with Crippen molar-refractivity contribution in [3.63, 3.8) is 0 Å². The number of halogens is 5. The second-order valence-corrected chi connectivity index (χ2v) is 4.34. The zero-order valence-corrected chi connectivity index (χ0v) is 9.79. The molecule has 1 aromatic rings. The van der Waals surface area contributed by atoms with Gasteiger partial charge in [0.1, 0.15) is 0 Å². The van der Waals surface area contributed by atoms with E-state index < -0.39 is 36.2 Å². The van der Waals surface area contributed by atoms with E-state index in [4.69, 9.17) is 4.74 Å². The number of alkyl halides is 5. The molecular formula is C10H10F5N3O. The molecule has 1 saturated heterocycles. The minimum atomic E-state index is -4.62. The molecule has 0 aromatic carbocycles. The van der Waals surface area contributed by atoms with Crippen LogP contribution in [0.4, 0.5) is 22.0 Å². The smallest absolute Gasteiger partial charge is 0.418 e. The number of aromatic nitrogens is 2. The van der Waals surface area contributed by atoms with Crippen molar-refractivity contribution in [3.8, 4) is 5.88 Å². The van der Waals surface area contributed by atoms with Crippen LogP contribution in [0.1, 0.15) is 5.56 Å². The van der Waals surface area contributed by atoms with Gasteiger partial charge in [0, 0.05) is 12.6 Å². The van der Waals surface area contributed by atoms with Crippen molar-refractivity contribution in [2.75, 3.05) is 20.1 Å². The zero-order valence-electron chi connectivity index (χ0n) is 9.79. The SMILES string of the molecule is CN1CC(Oc2cc(C(F)(F)F)cnn2)C(F)(F)C1. The van der Waals surface area contributed by atoms with E-state index in [2.05, 4.69) is 10.2 Å². The molecule has 1 atom stereocenters. The second kappa shape index (κ2) is 4.55. The van der Waals surface area contributed by atoms with E-state index in [0.717, 1.165) is 0 Å². The van der Waals surface area contributed by atoms with Gasteiger partial charge in [0.05, 0.1) is 18.3 Å². The molecule has 4 nitrogen and oxygen atoms in total. The fourth-order valence-electron chi connectivity index (χ4n) is 1.77. The molecule has 0 saturated carbocycles. The van der Waals surface area contributed by atoms with Crippen LogP contribution in [0.3, 0.4) is 0 Å². The molecule has 2 rings (SSSR count). The van der Waals surface area contributed by atoms with E-state index in [9.17, 15) is 22.0 Å². The van der Waals surface area contributed by atoms with Crippen LogP contribution in [0, 0.1) is 0 Å². The van der Waals surface area contributed by atoms with Crippen molar-refractivity contribution in [3.05, 3.63) is 17.8 Å². The first-order valence-electron chi connectivity index (χ1n) is 5.31. The lowest BCUT2D eigenvalue weighted by atomic mass is 10.2. The molecule has 2 heterocycles. The Bertz CT molecular complexity index is 465. The summed E-state index contributed by atoms with van der Waals surface area (Å²) in [4.78, 5) is 1.33. The van der Waals surface area contributed by atoms with Crippen molar-refractivity contribution < 1.29 is 26.7 Å². The monoisotopic (exact) mass is 283 g/mol. The van der Waals surface area contributed by atoms with Crippen LogP contribution in [-0.2, 0) is 6.18 Å². The summed E-state index contributed by atoms with van der Waals surface area (Å²) in [5.41, 5.74) is -1.09. The van der Waals surface area contributed by atoms with E-state index in [0.29, 0.717) is 12.3 Å². The first kappa shape index (κ1) is 13.9. The largest absolute Gasteiger partial charge is 0.465 e. The summed E-state index contributed by atoms with van der Waals surface area (Å²) in [5.74, 6) is -3.69. The van der Waals surface area contributed by atoms with Crippen LogP contribution in [-0.4, -0.2) is 47.3 Å². The minimum Gasteiger partial charge on any atom is -0.465 e. The van der Waals surface area contributed by atoms with Crippen molar-refractivity contribution in [1.82, 2.24) is 15.1 Å². The fourth-order valence-corrected chi connectivity index (χ4v) is 1.77. The number of likely N-dealkylation sites (N-methyl/N-ethyl adjacent to an activating group) is 1. The minimum absolute atomic E-state index is 0.0923. The number of hydrogen-bond donors (Lipinski definition) is 0. The van der Waals surface area contributed by atoms with Crippen LogP contribution in [0.5, 0.6) is 5.88 Å². The lowest BCUT2D eigenvalue weighted by Gasteiger charge is -2.18. The highest BCUT2D eigenvalue weighted by Crippen LogP contribution is 2.32. The number of likely N-dealkylation sites (tertiary alicyclic amines) is 1. The lowest BCUT2D eigenvalue weighted by Crippen LogP contribution is -2.36. The molecule has 1 fully saturated rings. The van der Waals surface area contributed by atoms with Crippen molar-refractivity contribution in [2.45, 2.75) is 18.2 Å². The van der Waals surface area contributed by atoms with Crippen molar-refractivity contribution >= 4 is 0 Å². The van der Waals surface area contributed by atoms with Gasteiger partial charge in [-0.1, -0.05) is 0 Å². The molecule has 0 bridgehead atoms. The molecule has 0 amide bonds. The predicted octanol–water partition coefficient (Wildman–Crippen LogP) is 1.82. The molecule has 1 aromatic heterocycles. The second-order valence-electron chi connectivity index (χ2n) is 4.34. The molecule has 0 spiro atoms. The average molecular weight is 283 g/mol. The highest BCUT2D eigenvalue weighted by molar-refractivity contribution is 5.20. The zero-order chi connectivity index (χ0) is 14.3. The topological polar surface area (TPSA) is 38.2 Å². The molecule has 0 radical (unpaired) electrons. The lowest BCUT2D eigenvalue weighted by molar-refractivity contribution is -0.138. The van der Waals surface area contributed by atoms with Crippen LogP contribution in [0.15, 0.2) is 12.3 Å². The summed E-state index contributed by atoms with van der Waals surface area (Å²) in [6, 6.07) is 0.557. The van der Waals surface area contributed by atoms with E-state index >= 15 is 0 Å².